The number of aromatic nitrogens is 1. The first-order valence-electron chi connectivity index (χ1n) is 4.61. The van der Waals surface area contributed by atoms with Crippen molar-refractivity contribution in [1.82, 2.24) is 15.2 Å². The zero-order chi connectivity index (χ0) is 11.3. The highest BCUT2D eigenvalue weighted by Gasteiger charge is 2.05. The van der Waals surface area contributed by atoms with E-state index in [4.69, 9.17) is 11.6 Å². The van der Waals surface area contributed by atoms with E-state index in [1.54, 1.807) is 25.4 Å². The Bertz CT molecular complexity index is 343. The molecule has 0 aromatic carbocycles. The lowest BCUT2D eigenvalue weighted by atomic mass is 10.3. The Labute approximate surface area is 94.3 Å². The summed E-state index contributed by atoms with van der Waals surface area (Å²) in [5.74, 6) is -0.0143. The number of carbonyl (C=O) groups is 1. The van der Waals surface area contributed by atoms with E-state index in [-0.39, 0.29) is 5.91 Å². The molecule has 0 unspecified atom stereocenters. The Morgan fingerprint density at radius 1 is 1.67 bits per heavy atom. The maximum atomic E-state index is 11.1. The number of nitrogens with zero attached hydrogens (tertiary/aromatic N) is 2. The Morgan fingerprint density at radius 3 is 3.00 bits per heavy atom. The van der Waals surface area contributed by atoms with Gasteiger partial charge in [-0.3, -0.25) is 14.7 Å². The third-order valence-electron chi connectivity index (χ3n) is 1.90. The molecule has 0 radical (unpaired) electrons. The molecule has 0 fully saturated rings. The molecular weight excluding hydrogens is 214 g/mol. The Kier molecular flexibility index (Phi) is 4.52. The summed E-state index contributed by atoms with van der Waals surface area (Å²) in [5, 5.41) is 3.23. The van der Waals surface area contributed by atoms with Gasteiger partial charge in [-0.2, -0.15) is 0 Å². The Balaban J connectivity index is 2.51. The van der Waals surface area contributed by atoms with Crippen LogP contribution < -0.4 is 5.32 Å². The number of hydrogen-bond donors (Lipinski definition) is 1. The lowest BCUT2D eigenvalue weighted by Crippen LogP contribution is -2.32. The van der Waals surface area contributed by atoms with Crippen molar-refractivity contribution in [2.45, 2.75) is 6.54 Å². The fraction of sp³-hybridized carbons (Fsp3) is 0.400. The van der Waals surface area contributed by atoms with Crippen LogP contribution in [0.15, 0.2) is 18.3 Å². The minimum Gasteiger partial charge on any atom is -0.358 e. The van der Waals surface area contributed by atoms with Crippen LogP contribution in [-0.4, -0.2) is 36.4 Å². The van der Waals surface area contributed by atoms with Gasteiger partial charge in [0.05, 0.1) is 12.2 Å². The van der Waals surface area contributed by atoms with Crippen molar-refractivity contribution in [2.75, 3.05) is 20.6 Å². The van der Waals surface area contributed by atoms with Crippen molar-refractivity contribution in [3.63, 3.8) is 0 Å². The topological polar surface area (TPSA) is 45.2 Å². The number of amides is 1. The first-order chi connectivity index (χ1) is 7.11. The van der Waals surface area contributed by atoms with Crippen molar-refractivity contribution in [2.24, 2.45) is 0 Å². The maximum absolute atomic E-state index is 11.1. The molecule has 0 atom stereocenters. The fourth-order valence-corrected chi connectivity index (χ4v) is 1.37. The van der Waals surface area contributed by atoms with Crippen molar-refractivity contribution >= 4 is 17.5 Å². The molecule has 4 nitrogen and oxygen atoms in total. The third-order valence-corrected chi connectivity index (χ3v) is 2.14. The average Bonchev–Trinajstić information content (AvgIpc) is 2.17. The summed E-state index contributed by atoms with van der Waals surface area (Å²) < 4.78 is 0. The molecule has 82 valence electrons. The first kappa shape index (κ1) is 11.9. The number of hydrogen-bond acceptors (Lipinski definition) is 3. The smallest absolute Gasteiger partial charge is 0.233 e. The van der Waals surface area contributed by atoms with Crippen molar-refractivity contribution in [3.8, 4) is 0 Å². The number of carbonyl (C=O) groups excluding carboxylic acids is 1. The monoisotopic (exact) mass is 227 g/mol. The summed E-state index contributed by atoms with van der Waals surface area (Å²) in [6.45, 7) is 0.957. The van der Waals surface area contributed by atoms with Crippen LogP contribution in [0.5, 0.6) is 0 Å². The molecule has 0 aliphatic heterocycles. The molecule has 1 aromatic rings. The van der Waals surface area contributed by atoms with Gasteiger partial charge in [0.2, 0.25) is 5.91 Å². The highest BCUT2D eigenvalue weighted by Crippen LogP contribution is 2.09. The summed E-state index contributed by atoms with van der Waals surface area (Å²) in [4.78, 5) is 17.1. The summed E-state index contributed by atoms with van der Waals surface area (Å²) in [6, 6.07) is 3.52. The number of likely N-dealkylation sites (N-methyl/N-ethyl adjacent to an activating group) is 2. The predicted molar refractivity (Wildman–Crippen MR) is 59.6 cm³/mol. The molecule has 5 heteroatoms. The summed E-state index contributed by atoms with van der Waals surface area (Å²) in [7, 11) is 3.48. The van der Waals surface area contributed by atoms with E-state index in [0.717, 1.165) is 5.69 Å². The SMILES string of the molecule is CNC(=O)CN(C)Cc1cc(Cl)ccn1. The van der Waals surface area contributed by atoms with E-state index in [0.29, 0.717) is 18.1 Å². The van der Waals surface area contributed by atoms with E-state index in [1.165, 1.54) is 0 Å². The summed E-state index contributed by atoms with van der Waals surface area (Å²) in [6.07, 6.45) is 1.66. The van der Waals surface area contributed by atoms with Gasteiger partial charge in [-0.15, -0.1) is 0 Å². The third kappa shape index (κ3) is 4.27. The van der Waals surface area contributed by atoms with Crippen molar-refractivity contribution < 1.29 is 4.79 Å². The van der Waals surface area contributed by atoms with Crippen LogP contribution in [-0.2, 0) is 11.3 Å². The van der Waals surface area contributed by atoms with E-state index in [2.05, 4.69) is 10.3 Å². The van der Waals surface area contributed by atoms with Gasteiger partial charge < -0.3 is 5.32 Å². The molecule has 1 heterocycles. The standard InChI is InChI=1S/C10H14ClN3O/c1-12-10(15)7-14(2)6-9-5-8(11)3-4-13-9/h3-5H,6-7H2,1-2H3,(H,12,15). The molecule has 1 aromatic heterocycles. The molecule has 0 aliphatic rings. The van der Waals surface area contributed by atoms with Crippen LogP contribution in [0, 0.1) is 0 Å². The summed E-state index contributed by atoms with van der Waals surface area (Å²) >= 11 is 5.82. The van der Waals surface area contributed by atoms with E-state index in [9.17, 15) is 4.79 Å². The maximum Gasteiger partial charge on any atom is 0.233 e. The molecular formula is C10H14ClN3O. The lowest BCUT2D eigenvalue weighted by Gasteiger charge is -2.14. The van der Waals surface area contributed by atoms with Gasteiger partial charge in [0.1, 0.15) is 0 Å². The van der Waals surface area contributed by atoms with E-state index in [1.807, 2.05) is 11.9 Å². The molecule has 0 spiro atoms. The van der Waals surface area contributed by atoms with Gasteiger partial charge in [0.15, 0.2) is 0 Å². The quantitative estimate of drug-likeness (QED) is 0.832. The predicted octanol–water partition coefficient (Wildman–Crippen LogP) is 0.913. The summed E-state index contributed by atoms with van der Waals surface area (Å²) in [5.41, 5.74) is 0.855. The van der Waals surface area contributed by atoms with Crippen molar-refractivity contribution in [3.05, 3.63) is 29.0 Å². The van der Waals surface area contributed by atoms with Crippen molar-refractivity contribution in [1.29, 1.82) is 0 Å². The number of nitrogens with one attached hydrogen (secondary N) is 1. The molecule has 1 rings (SSSR count). The molecule has 1 amide bonds. The normalized spacial score (nSPS) is 10.4. The minimum absolute atomic E-state index is 0.0143. The number of rotatable bonds is 4. The lowest BCUT2D eigenvalue weighted by molar-refractivity contribution is -0.121. The molecule has 1 N–H and O–H groups in total. The van der Waals surface area contributed by atoms with E-state index < -0.39 is 0 Å². The zero-order valence-corrected chi connectivity index (χ0v) is 9.58. The van der Waals surface area contributed by atoms with Crippen LogP contribution in [0.1, 0.15) is 5.69 Å². The average molecular weight is 228 g/mol. The van der Waals surface area contributed by atoms with Gasteiger partial charge in [0.25, 0.3) is 0 Å². The van der Waals surface area contributed by atoms with Crippen LogP contribution in [0.3, 0.4) is 0 Å². The highest BCUT2D eigenvalue weighted by atomic mass is 35.5. The van der Waals surface area contributed by atoms with Gasteiger partial charge >= 0.3 is 0 Å². The van der Waals surface area contributed by atoms with Gasteiger partial charge in [-0.1, -0.05) is 11.6 Å². The second-order valence-electron chi connectivity index (χ2n) is 3.31. The highest BCUT2D eigenvalue weighted by molar-refractivity contribution is 6.30. The molecule has 15 heavy (non-hydrogen) atoms. The van der Waals surface area contributed by atoms with Gasteiger partial charge in [0, 0.05) is 24.8 Å². The first-order valence-corrected chi connectivity index (χ1v) is 4.99. The fourth-order valence-electron chi connectivity index (χ4n) is 1.19. The van der Waals surface area contributed by atoms with Gasteiger partial charge in [-0.25, -0.2) is 0 Å². The zero-order valence-electron chi connectivity index (χ0n) is 8.83. The number of halogens is 1. The second-order valence-corrected chi connectivity index (χ2v) is 3.75. The van der Waals surface area contributed by atoms with Crippen LogP contribution in [0.25, 0.3) is 0 Å². The van der Waals surface area contributed by atoms with E-state index >= 15 is 0 Å². The van der Waals surface area contributed by atoms with Gasteiger partial charge in [-0.05, 0) is 19.2 Å². The minimum atomic E-state index is -0.0143. The molecule has 0 saturated heterocycles. The molecule has 0 aliphatic carbocycles. The number of pyridine rings is 1. The molecule has 0 bridgehead atoms. The van der Waals surface area contributed by atoms with Crippen LogP contribution in [0.2, 0.25) is 5.02 Å². The Hall–Kier alpha value is -1.13. The van der Waals surface area contributed by atoms with Crippen LogP contribution in [0.4, 0.5) is 0 Å². The van der Waals surface area contributed by atoms with Crippen LogP contribution >= 0.6 is 11.6 Å². The Morgan fingerprint density at radius 2 is 2.40 bits per heavy atom. The second kappa shape index (κ2) is 5.68. The largest absolute Gasteiger partial charge is 0.358 e. The molecule has 0 saturated carbocycles.